The normalized spacial score (nSPS) is 25.0. The van der Waals surface area contributed by atoms with E-state index in [-0.39, 0.29) is 0 Å². The molecule has 0 amide bonds. The van der Waals surface area contributed by atoms with Crippen LogP contribution in [0.2, 0.25) is 0 Å². The van der Waals surface area contributed by atoms with E-state index in [1.807, 2.05) is 0 Å². The van der Waals surface area contributed by atoms with Crippen LogP contribution in [0.15, 0.2) is 22.7 Å². The number of hydrogen-bond acceptors (Lipinski definition) is 2. The van der Waals surface area contributed by atoms with E-state index >= 15 is 0 Å². The van der Waals surface area contributed by atoms with Gasteiger partial charge in [-0.05, 0) is 88.4 Å². The molecule has 1 aromatic rings. The van der Waals surface area contributed by atoms with Gasteiger partial charge in [-0.15, -0.1) is 0 Å². The summed E-state index contributed by atoms with van der Waals surface area (Å²) in [4.78, 5) is 2.55. The van der Waals surface area contributed by atoms with Crippen LogP contribution in [0.4, 0.5) is 5.69 Å². The number of hydrogen-bond donors (Lipinski definition) is 1. The lowest BCUT2D eigenvalue weighted by molar-refractivity contribution is 0.490. The zero-order valence-corrected chi connectivity index (χ0v) is 14.1. The Labute approximate surface area is 131 Å². The van der Waals surface area contributed by atoms with Crippen molar-refractivity contribution < 1.29 is 0 Å². The number of halogens is 2. The van der Waals surface area contributed by atoms with E-state index in [9.17, 15) is 0 Å². The minimum absolute atomic E-state index is 0.703. The largest absolute Gasteiger partial charge is 0.370 e. The van der Waals surface area contributed by atoms with Crippen LogP contribution in [0.25, 0.3) is 0 Å². The summed E-state index contributed by atoms with van der Waals surface area (Å²) in [5.74, 6) is 0.931. The maximum atomic E-state index is 3.72. The summed E-state index contributed by atoms with van der Waals surface area (Å²) in [7, 11) is 0. The first-order valence-electron chi connectivity index (χ1n) is 6.67. The van der Waals surface area contributed by atoms with Crippen molar-refractivity contribution in [2.24, 2.45) is 5.92 Å². The highest BCUT2D eigenvalue weighted by molar-refractivity contribution is 14.1. The summed E-state index contributed by atoms with van der Waals surface area (Å²) in [5.41, 5.74) is 1.37. The third-order valence-corrected chi connectivity index (χ3v) is 6.21. The first-order chi connectivity index (χ1) is 8.74. The molecular weight excluding hydrogens is 403 g/mol. The SMILES string of the molecule is Brc1ccc(N2CCCNC(C3CC3)C2)cc1I. The first kappa shape index (κ1) is 13.2. The molecule has 1 aliphatic carbocycles. The third-order valence-electron chi connectivity index (χ3n) is 3.89. The first-order valence-corrected chi connectivity index (χ1v) is 8.54. The monoisotopic (exact) mass is 420 g/mol. The Balaban J connectivity index is 1.78. The predicted octanol–water partition coefficient (Wildman–Crippen LogP) is 3.63. The van der Waals surface area contributed by atoms with Crippen LogP contribution in [0.1, 0.15) is 19.3 Å². The molecule has 1 saturated heterocycles. The van der Waals surface area contributed by atoms with E-state index in [1.54, 1.807) is 0 Å². The van der Waals surface area contributed by atoms with Crippen molar-refractivity contribution in [3.63, 3.8) is 0 Å². The highest BCUT2D eigenvalue weighted by Gasteiger charge is 2.33. The van der Waals surface area contributed by atoms with E-state index in [2.05, 4.69) is 66.9 Å². The lowest BCUT2D eigenvalue weighted by Crippen LogP contribution is -2.39. The molecule has 1 aromatic carbocycles. The van der Waals surface area contributed by atoms with Crippen molar-refractivity contribution in [2.75, 3.05) is 24.5 Å². The number of nitrogens with one attached hydrogen (secondary N) is 1. The highest BCUT2D eigenvalue weighted by atomic mass is 127. The minimum Gasteiger partial charge on any atom is -0.370 e. The zero-order valence-electron chi connectivity index (χ0n) is 10.3. The quantitative estimate of drug-likeness (QED) is 0.735. The van der Waals surface area contributed by atoms with Crippen molar-refractivity contribution in [3.8, 4) is 0 Å². The Hall–Kier alpha value is 0.190. The molecule has 4 heteroatoms. The van der Waals surface area contributed by atoms with Gasteiger partial charge in [0.05, 0.1) is 0 Å². The maximum Gasteiger partial charge on any atom is 0.0378 e. The predicted molar refractivity (Wildman–Crippen MR) is 88.2 cm³/mol. The summed E-state index contributed by atoms with van der Waals surface area (Å²) >= 11 is 5.97. The van der Waals surface area contributed by atoms with Gasteiger partial charge in [0.25, 0.3) is 0 Å². The molecule has 1 unspecified atom stereocenters. The fraction of sp³-hybridized carbons (Fsp3) is 0.571. The molecule has 0 bridgehead atoms. The molecular formula is C14H18BrIN2. The lowest BCUT2D eigenvalue weighted by Gasteiger charge is -2.27. The van der Waals surface area contributed by atoms with Crippen LogP contribution >= 0.6 is 38.5 Å². The van der Waals surface area contributed by atoms with Crippen LogP contribution in [-0.2, 0) is 0 Å². The standard InChI is InChI=1S/C14H18BrIN2/c15-12-5-4-11(8-13(12)16)18-7-1-6-17-14(9-18)10-2-3-10/h4-5,8,10,14,17H,1-3,6-7,9H2. The van der Waals surface area contributed by atoms with Gasteiger partial charge in [-0.1, -0.05) is 0 Å². The number of anilines is 1. The molecule has 2 fully saturated rings. The van der Waals surface area contributed by atoms with E-state index in [1.165, 1.54) is 52.6 Å². The maximum absolute atomic E-state index is 3.72. The zero-order chi connectivity index (χ0) is 12.5. The Morgan fingerprint density at radius 3 is 2.89 bits per heavy atom. The van der Waals surface area contributed by atoms with Gasteiger partial charge in [-0.3, -0.25) is 0 Å². The molecule has 1 heterocycles. The molecule has 2 aliphatic rings. The second-order valence-electron chi connectivity index (χ2n) is 5.30. The topological polar surface area (TPSA) is 15.3 Å². The molecule has 98 valence electrons. The fourth-order valence-corrected chi connectivity index (χ4v) is 3.43. The van der Waals surface area contributed by atoms with E-state index in [0.29, 0.717) is 6.04 Å². The van der Waals surface area contributed by atoms with Crippen molar-refractivity contribution in [1.82, 2.24) is 5.32 Å². The van der Waals surface area contributed by atoms with Crippen molar-refractivity contribution in [3.05, 3.63) is 26.2 Å². The fourth-order valence-electron chi connectivity index (χ4n) is 2.68. The number of rotatable bonds is 2. The van der Waals surface area contributed by atoms with E-state index in [0.717, 1.165) is 5.92 Å². The molecule has 1 N–H and O–H groups in total. The van der Waals surface area contributed by atoms with Gasteiger partial charge in [0, 0.05) is 32.9 Å². The number of benzene rings is 1. The average molecular weight is 421 g/mol. The molecule has 18 heavy (non-hydrogen) atoms. The third kappa shape index (κ3) is 3.02. The summed E-state index contributed by atoms with van der Waals surface area (Å²) in [6, 6.07) is 7.40. The van der Waals surface area contributed by atoms with Crippen LogP contribution in [0, 0.1) is 9.49 Å². The molecule has 1 saturated carbocycles. The van der Waals surface area contributed by atoms with Gasteiger partial charge in [0.1, 0.15) is 0 Å². The molecule has 3 rings (SSSR count). The molecule has 0 aromatic heterocycles. The molecule has 2 nitrogen and oxygen atoms in total. The molecule has 0 radical (unpaired) electrons. The Bertz CT molecular complexity index is 434. The van der Waals surface area contributed by atoms with Crippen molar-refractivity contribution in [1.29, 1.82) is 0 Å². The van der Waals surface area contributed by atoms with Crippen LogP contribution in [-0.4, -0.2) is 25.7 Å². The average Bonchev–Trinajstić information content (AvgIpc) is 3.16. The minimum atomic E-state index is 0.703. The van der Waals surface area contributed by atoms with E-state index < -0.39 is 0 Å². The van der Waals surface area contributed by atoms with Gasteiger partial charge in [-0.25, -0.2) is 0 Å². The van der Waals surface area contributed by atoms with Gasteiger partial charge in [-0.2, -0.15) is 0 Å². The van der Waals surface area contributed by atoms with Crippen LogP contribution in [0.5, 0.6) is 0 Å². The summed E-state index contributed by atoms with van der Waals surface area (Å²) < 4.78 is 2.49. The van der Waals surface area contributed by atoms with Gasteiger partial charge in [0.15, 0.2) is 0 Å². The van der Waals surface area contributed by atoms with Gasteiger partial charge in [0.2, 0.25) is 0 Å². The number of nitrogens with zero attached hydrogens (tertiary/aromatic N) is 1. The summed E-state index contributed by atoms with van der Waals surface area (Å²) in [6.07, 6.45) is 4.09. The second-order valence-corrected chi connectivity index (χ2v) is 7.31. The van der Waals surface area contributed by atoms with E-state index in [4.69, 9.17) is 0 Å². The summed E-state index contributed by atoms with van der Waals surface area (Å²) in [6.45, 7) is 3.52. The Morgan fingerprint density at radius 2 is 2.17 bits per heavy atom. The van der Waals surface area contributed by atoms with Crippen LogP contribution in [0.3, 0.4) is 0 Å². The smallest absolute Gasteiger partial charge is 0.0378 e. The second kappa shape index (κ2) is 5.67. The van der Waals surface area contributed by atoms with Gasteiger partial charge >= 0.3 is 0 Å². The van der Waals surface area contributed by atoms with Gasteiger partial charge < -0.3 is 10.2 Å². The lowest BCUT2D eigenvalue weighted by atomic mass is 10.1. The Morgan fingerprint density at radius 1 is 1.33 bits per heavy atom. The molecule has 1 atom stereocenters. The molecule has 1 aliphatic heterocycles. The highest BCUT2D eigenvalue weighted by Crippen LogP contribution is 2.34. The summed E-state index contributed by atoms with van der Waals surface area (Å²) in [5, 5.41) is 3.72. The van der Waals surface area contributed by atoms with Crippen LogP contribution < -0.4 is 10.2 Å². The van der Waals surface area contributed by atoms with Crippen molar-refractivity contribution in [2.45, 2.75) is 25.3 Å². The Kier molecular flexibility index (Phi) is 4.15. The van der Waals surface area contributed by atoms with Crippen molar-refractivity contribution >= 4 is 44.2 Å². The molecule has 0 spiro atoms.